The number of rotatable bonds is 3. The van der Waals surface area contributed by atoms with E-state index >= 15 is 0 Å². The summed E-state index contributed by atoms with van der Waals surface area (Å²) in [4.78, 5) is 10.1. The van der Waals surface area contributed by atoms with Crippen LogP contribution in [0.25, 0.3) is 6.08 Å². The van der Waals surface area contributed by atoms with Crippen LogP contribution in [0.1, 0.15) is 5.56 Å². The Balaban J connectivity index is 3.05. The van der Waals surface area contributed by atoms with Gasteiger partial charge in [0, 0.05) is 17.3 Å². The molecule has 0 heterocycles. The number of nitrogens with two attached hydrogens (primary N) is 1. The first-order valence-corrected chi connectivity index (χ1v) is 3.83. The number of carbonyl (C=O) groups is 1. The second-order valence-electron chi connectivity index (χ2n) is 2.50. The number of allylic oxidation sites excluding steroid dienone is 1. The topological polar surface area (TPSA) is 52.3 Å². The molecule has 3 nitrogen and oxygen atoms in total. The summed E-state index contributed by atoms with van der Waals surface area (Å²) in [6.07, 6.45) is 3.80. The van der Waals surface area contributed by atoms with Gasteiger partial charge in [-0.1, -0.05) is 0 Å². The van der Waals surface area contributed by atoms with Gasteiger partial charge in [0.25, 0.3) is 0 Å². The Bertz CT molecular complexity index is 332. The Morgan fingerprint density at radius 2 is 2.23 bits per heavy atom. The van der Waals surface area contributed by atoms with Gasteiger partial charge in [-0.2, -0.15) is 0 Å². The lowest BCUT2D eigenvalue weighted by atomic mass is 10.1. The fourth-order valence-corrected chi connectivity index (χ4v) is 1.01. The Morgan fingerprint density at radius 1 is 1.46 bits per heavy atom. The van der Waals surface area contributed by atoms with Crippen LogP contribution in [0.3, 0.4) is 0 Å². The Labute approximate surface area is 76.8 Å². The van der Waals surface area contributed by atoms with Crippen molar-refractivity contribution in [3.05, 3.63) is 29.8 Å². The summed E-state index contributed by atoms with van der Waals surface area (Å²) >= 11 is 0. The number of ether oxygens (including phenoxy) is 1. The van der Waals surface area contributed by atoms with Crippen LogP contribution in [0, 0.1) is 0 Å². The van der Waals surface area contributed by atoms with E-state index in [1.165, 1.54) is 6.08 Å². The molecular formula is C10H11NO2. The summed E-state index contributed by atoms with van der Waals surface area (Å²) in [5.74, 6) is 0.665. The molecule has 0 bridgehead atoms. The number of methoxy groups -OCH3 is 1. The normalized spacial score (nSPS) is 10.2. The minimum Gasteiger partial charge on any atom is -0.496 e. The molecule has 0 aliphatic rings. The largest absolute Gasteiger partial charge is 0.496 e. The lowest BCUT2D eigenvalue weighted by Crippen LogP contribution is -1.90. The number of hydrogen-bond acceptors (Lipinski definition) is 3. The van der Waals surface area contributed by atoms with E-state index in [2.05, 4.69) is 0 Å². The summed E-state index contributed by atoms with van der Waals surface area (Å²) < 4.78 is 5.08. The maximum Gasteiger partial charge on any atom is 0.142 e. The molecule has 0 atom stereocenters. The predicted molar refractivity (Wildman–Crippen MR) is 52.5 cm³/mol. The van der Waals surface area contributed by atoms with Crippen molar-refractivity contribution in [3.63, 3.8) is 0 Å². The van der Waals surface area contributed by atoms with Crippen molar-refractivity contribution in [3.8, 4) is 5.75 Å². The molecule has 0 spiro atoms. The van der Waals surface area contributed by atoms with Gasteiger partial charge in [0.05, 0.1) is 7.11 Å². The van der Waals surface area contributed by atoms with Gasteiger partial charge in [-0.25, -0.2) is 0 Å². The highest BCUT2D eigenvalue weighted by molar-refractivity contribution is 5.76. The van der Waals surface area contributed by atoms with Crippen LogP contribution < -0.4 is 10.5 Å². The maximum absolute atomic E-state index is 10.1. The van der Waals surface area contributed by atoms with E-state index in [1.54, 1.807) is 31.4 Å². The van der Waals surface area contributed by atoms with E-state index in [4.69, 9.17) is 10.5 Å². The molecule has 0 saturated carbocycles. The summed E-state index contributed by atoms with van der Waals surface area (Å²) in [7, 11) is 1.56. The molecule has 2 N–H and O–H groups in total. The first-order chi connectivity index (χ1) is 6.27. The first kappa shape index (κ1) is 9.32. The Kier molecular flexibility index (Phi) is 3.09. The average Bonchev–Trinajstić information content (AvgIpc) is 2.16. The van der Waals surface area contributed by atoms with E-state index < -0.39 is 0 Å². The predicted octanol–water partition coefficient (Wildman–Crippen LogP) is 1.49. The van der Waals surface area contributed by atoms with Crippen molar-refractivity contribution in [1.82, 2.24) is 0 Å². The van der Waals surface area contributed by atoms with Crippen LogP contribution in [0.5, 0.6) is 5.75 Å². The Morgan fingerprint density at radius 3 is 2.85 bits per heavy atom. The molecule has 0 aliphatic carbocycles. The quantitative estimate of drug-likeness (QED) is 0.432. The van der Waals surface area contributed by atoms with Crippen LogP contribution in [-0.2, 0) is 4.79 Å². The monoisotopic (exact) mass is 177 g/mol. The zero-order chi connectivity index (χ0) is 9.68. The zero-order valence-corrected chi connectivity index (χ0v) is 7.36. The van der Waals surface area contributed by atoms with Gasteiger partial charge < -0.3 is 10.5 Å². The summed E-state index contributed by atoms with van der Waals surface area (Å²) in [5.41, 5.74) is 7.03. The van der Waals surface area contributed by atoms with Crippen LogP contribution in [-0.4, -0.2) is 13.4 Å². The maximum atomic E-state index is 10.1. The molecule has 3 heteroatoms. The molecule has 0 fully saturated rings. The van der Waals surface area contributed by atoms with Crippen LogP contribution >= 0.6 is 0 Å². The summed E-state index contributed by atoms with van der Waals surface area (Å²) in [6, 6.07) is 5.27. The van der Waals surface area contributed by atoms with Crippen molar-refractivity contribution < 1.29 is 9.53 Å². The molecule has 13 heavy (non-hydrogen) atoms. The van der Waals surface area contributed by atoms with Gasteiger partial charge in [-0.3, -0.25) is 4.79 Å². The SMILES string of the molecule is COc1cc(N)ccc1C=CC=O. The van der Waals surface area contributed by atoms with E-state index in [1.807, 2.05) is 0 Å². The van der Waals surface area contributed by atoms with E-state index in [0.29, 0.717) is 11.4 Å². The van der Waals surface area contributed by atoms with Crippen LogP contribution in [0.2, 0.25) is 0 Å². The minimum atomic E-state index is 0.639. The summed E-state index contributed by atoms with van der Waals surface area (Å²) in [6.45, 7) is 0. The number of anilines is 1. The van der Waals surface area contributed by atoms with Crippen LogP contribution in [0.15, 0.2) is 24.3 Å². The van der Waals surface area contributed by atoms with E-state index in [0.717, 1.165) is 11.8 Å². The molecule has 1 rings (SSSR count). The van der Waals surface area contributed by atoms with Crippen molar-refractivity contribution in [2.24, 2.45) is 0 Å². The van der Waals surface area contributed by atoms with Crippen molar-refractivity contribution >= 4 is 18.0 Å². The fraction of sp³-hybridized carbons (Fsp3) is 0.100. The van der Waals surface area contributed by atoms with Gasteiger partial charge in [0.1, 0.15) is 12.0 Å². The summed E-state index contributed by atoms with van der Waals surface area (Å²) in [5, 5.41) is 0. The number of hydrogen-bond donors (Lipinski definition) is 1. The van der Waals surface area contributed by atoms with Crippen LogP contribution in [0.4, 0.5) is 5.69 Å². The first-order valence-electron chi connectivity index (χ1n) is 3.83. The molecular weight excluding hydrogens is 166 g/mol. The highest BCUT2D eigenvalue weighted by Gasteiger charge is 1.98. The minimum absolute atomic E-state index is 0.639. The van der Waals surface area contributed by atoms with Crippen molar-refractivity contribution in [2.45, 2.75) is 0 Å². The highest BCUT2D eigenvalue weighted by Crippen LogP contribution is 2.22. The molecule has 0 saturated heterocycles. The van der Waals surface area contributed by atoms with E-state index in [-0.39, 0.29) is 0 Å². The lowest BCUT2D eigenvalue weighted by Gasteiger charge is -2.04. The molecule has 0 aliphatic heterocycles. The third-order valence-corrected chi connectivity index (χ3v) is 1.61. The molecule has 0 aromatic heterocycles. The molecule has 1 aromatic rings. The number of carbonyl (C=O) groups excluding carboxylic acids is 1. The lowest BCUT2D eigenvalue weighted by molar-refractivity contribution is -0.104. The van der Waals surface area contributed by atoms with Gasteiger partial charge >= 0.3 is 0 Å². The third kappa shape index (κ3) is 2.33. The van der Waals surface area contributed by atoms with E-state index in [9.17, 15) is 4.79 Å². The molecule has 0 amide bonds. The van der Waals surface area contributed by atoms with Crippen molar-refractivity contribution in [1.29, 1.82) is 0 Å². The third-order valence-electron chi connectivity index (χ3n) is 1.61. The smallest absolute Gasteiger partial charge is 0.142 e. The molecule has 0 radical (unpaired) electrons. The van der Waals surface area contributed by atoms with Gasteiger partial charge in [0.2, 0.25) is 0 Å². The molecule has 1 aromatic carbocycles. The number of nitrogen functional groups attached to an aromatic ring is 1. The number of benzene rings is 1. The zero-order valence-electron chi connectivity index (χ0n) is 7.36. The van der Waals surface area contributed by atoms with Gasteiger partial charge in [-0.15, -0.1) is 0 Å². The molecule has 68 valence electrons. The number of aldehydes is 1. The van der Waals surface area contributed by atoms with Gasteiger partial charge in [-0.05, 0) is 24.3 Å². The average molecular weight is 177 g/mol. The fourth-order valence-electron chi connectivity index (χ4n) is 1.01. The second kappa shape index (κ2) is 4.30. The standard InChI is InChI=1S/C10H11NO2/c1-13-10-7-9(11)5-4-8(10)3-2-6-12/h2-7H,11H2,1H3. The highest BCUT2D eigenvalue weighted by atomic mass is 16.5. The molecule has 0 unspecified atom stereocenters. The Hall–Kier alpha value is -1.77. The van der Waals surface area contributed by atoms with Crippen molar-refractivity contribution in [2.75, 3.05) is 12.8 Å². The second-order valence-corrected chi connectivity index (χ2v) is 2.50. The van der Waals surface area contributed by atoms with Gasteiger partial charge in [0.15, 0.2) is 0 Å².